The van der Waals surface area contributed by atoms with Crippen LogP contribution in [0.5, 0.6) is 0 Å². The molecule has 0 aromatic heterocycles. The molecule has 0 atom stereocenters. The van der Waals surface area contributed by atoms with Gasteiger partial charge in [-0.15, -0.1) is 4.39 Å². The van der Waals surface area contributed by atoms with Crippen LogP contribution in [0.4, 0.5) is 4.39 Å². The zero-order chi connectivity index (χ0) is 4.83. The molecule has 2 heteroatoms. The lowest BCUT2D eigenvalue weighted by atomic mass is 10.7. The number of rotatable bonds is 0. The Morgan fingerprint density at radius 1 is 1.33 bits per heavy atom. The van der Waals surface area contributed by atoms with Crippen molar-refractivity contribution in [1.82, 2.24) is 0 Å². The fourth-order valence-electron chi connectivity index (χ4n) is 0.0472. The van der Waals surface area contributed by atoms with E-state index in [1.165, 1.54) is 0 Å². The van der Waals surface area contributed by atoms with Crippen molar-refractivity contribution in [2.24, 2.45) is 0 Å². The van der Waals surface area contributed by atoms with Gasteiger partial charge in [0.2, 0.25) is 0 Å². The van der Waals surface area contributed by atoms with Crippen LogP contribution in [0.1, 0.15) is 0 Å². The summed E-state index contributed by atoms with van der Waals surface area (Å²) < 4.78 is 10.7. The summed E-state index contributed by atoms with van der Waals surface area (Å²) in [4.78, 5) is 0. The molecule has 0 aromatic rings. The molecule has 0 saturated heterocycles. The maximum atomic E-state index is 10.7. The van der Waals surface area contributed by atoms with Gasteiger partial charge in [0, 0.05) is 17.2 Å². The van der Waals surface area contributed by atoms with Gasteiger partial charge >= 0.3 is 0 Å². The molecule has 0 amide bonds. The van der Waals surface area contributed by atoms with Crippen LogP contribution in [-0.2, 0) is 0 Å². The lowest BCUT2D eigenvalue weighted by Gasteiger charge is -1.43. The second-order valence-electron chi connectivity index (χ2n) is 0.439. The molecule has 0 aliphatic rings. The predicted molar refractivity (Wildman–Crippen MR) is 22.5 cm³/mol. The predicted octanol–water partition coefficient (Wildman–Crippen LogP) is 1.12. The highest BCUT2D eigenvalue weighted by Gasteiger charge is 1.46. The third kappa shape index (κ3) is 3.34. The van der Waals surface area contributed by atoms with Crippen LogP contribution in [0.3, 0.4) is 0 Å². The normalized spacial score (nSPS) is 3.67. The van der Waals surface area contributed by atoms with Gasteiger partial charge in [-0.3, -0.25) is 0 Å². The Balaban J connectivity index is 3.43. The van der Waals surface area contributed by atoms with Crippen molar-refractivity contribution in [3.05, 3.63) is 0 Å². The third-order valence-electron chi connectivity index (χ3n) is 0.157. The molecule has 0 aliphatic carbocycles. The summed E-state index contributed by atoms with van der Waals surface area (Å²) in [5.74, 6) is 3.77. The van der Waals surface area contributed by atoms with Crippen LogP contribution < -0.4 is 0 Å². The molecule has 0 aromatic carbocycles. The highest BCUT2D eigenvalue weighted by Crippen LogP contribution is 1.59. The number of halogens is 2. The molecule has 0 unspecified atom stereocenters. The topological polar surface area (TPSA) is 0 Å². The van der Waals surface area contributed by atoms with E-state index >= 15 is 0 Å². The SMILES string of the molecule is FC#CC#CCl. The Kier molecular flexibility index (Phi) is 3.86. The standard InChI is InChI=1S/C4ClF/c5-3-1-2-4-6. The van der Waals surface area contributed by atoms with Gasteiger partial charge in [-0.25, -0.2) is 0 Å². The van der Waals surface area contributed by atoms with E-state index in [9.17, 15) is 4.39 Å². The van der Waals surface area contributed by atoms with Crippen molar-refractivity contribution in [3.63, 3.8) is 0 Å². The van der Waals surface area contributed by atoms with Gasteiger partial charge in [0.1, 0.15) is 6.17 Å². The van der Waals surface area contributed by atoms with Gasteiger partial charge in [-0.1, -0.05) is 0 Å². The summed E-state index contributed by atoms with van der Waals surface area (Å²) in [6.07, 6.45) is 1.06. The van der Waals surface area contributed by atoms with E-state index in [2.05, 4.69) is 0 Å². The molecule has 0 rings (SSSR count). The van der Waals surface area contributed by atoms with Gasteiger partial charge in [-0.2, -0.15) is 0 Å². The molecule has 0 spiro atoms. The summed E-state index contributed by atoms with van der Waals surface area (Å²) in [5, 5.41) is 1.88. The van der Waals surface area contributed by atoms with E-state index in [4.69, 9.17) is 11.6 Å². The molecule has 0 fully saturated rings. The maximum Gasteiger partial charge on any atom is 0.119 e. The highest BCUT2D eigenvalue weighted by molar-refractivity contribution is 6.30. The number of hydrogen-bond donors (Lipinski definition) is 0. The molecule has 0 heterocycles. The first kappa shape index (κ1) is 5.34. The van der Waals surface area contributed by atoms with Gasteiger partial charge in [0.15, 0.2) is 0 Å². The largest absolute Gasteiger partial charge is 0.143 e. The second kappa shape index (κ2) is 4.34. The van der Waals surface area contributed by atoms with Crippen molar-refractivity contribution in [2.75, 3.05) is 0 Å². The number of hydrogen-bond acceptors (Lipinski definition) is 0. The first-order valence-corrected chi connectivity index (χ1v) is 1.51. The summed E-state index contributed by atoms with van der Waals surface area (Å²) in [5.41, 5.74) is 0. The summed E-state index contributed by atoms with van der Waals surface area (Å²) in [7, 11) is 0. The zero-order valence-electron chi connectivity index (χ0n) is 2.76. The minimum absolute atomic E-state index is 1.06. The quantitative estimate of drug-likeness (QED) is 0.402. The molecule has 0 nitrogen and oxygen atoms in total. The molecule has 0 saturated carbocycles. The van der Waals surface area contributed by atoms with E-state index in [1.54, 1.807) is 5.92 Å². The lowest BCUT2D eigenvalue weighted by Crippen LogP contribution is -1.38. The van der Waals surface area contributed by atoms with Crippen molar-refractivity contribution in [1.29, 1.82) is 0 Å². The fourth-order valence-corrected chi connectivity index (χ4v) is 0.0945. The van der Waals surface area contributed by atoms with Crippen LogP contribution in [-0.4, -0.2) is 0 Å². The molecular formula is C4ClF. The monoisotopic (exact) mass is 102 g/mol. The van der Waals surface area contributed by atoms with E-state index in [0.29, 0.717) is 0 Å². The van der Waals surface area contributed by atoms with Gasteiger partial charge in [-0.05, 0) is 11.6 Å². The first-order chi connectivity index (χ1) is 2.91. The highest BCUT2D eigenvalue weighted by atomic mass is 35.5. The van der Waals surface area contributed by atoms with Crippen molar-refractivity contribution >= 4 is 11.6 Å². The Hall–Kier alpha value is -0.660. The molecule has 6 heavy (non-hydrogen) atoms. The van der Waals surface area contributed by atoms with Gasteiger partial charge in [0.25, 0.3) is 0 Å². The molecule has 0 radical (unpaired) electrons. The van der Waals surface area contributed by atoms with Crippen molar-refractivity contribution in [3.8, 4) is 23.4 Å². The van der Waals surface area contributed by atoms with Crippen molar-refractivity contribution < 1.29 is 4.39 Å². The minimum Gasteiger partial charge on any atom is -0.143 e. The first-order valence-electron chi connectivity index (χ1n) is 1.13. The summed E-state index contributed by atoms with van der Waals surface area (Å²) in [6.45, 7) is 0. The average Bonchev–Trinajstić information content (AvgIpc) is 1.61. The van der Waals surface area contributed by atoms with Crippen LogP contribution in [0.15, 0.2) is 0 Å². The third-order valence-corrected chi connectivity index (χ3v) is 0.251. The Morgan fingerprint density at radius 2 is 2.00 bits per heavy atom. The van der Waals surface area contributed by atoms with Crippen LogP contribution in [0.25, 0.3) is 0 Å². The Bertz CT molecular complexity index is 111. The van der Waals surface area contributed by atoms with Gasteiger partial charge < -0.3 is 0 Å². The second-order valence-corrected chi connectivity index (χ2v) is 0.628. The molecule has 0 aliphatic heterocycles. The van der Waals surface area contributed by atoms with Gasteiger partial charge in [0.05, 0.1) is 0 Å². The zero-order valence-corrected chi connectivity index (χ0v) is 3.51. The van der Waals surface area contributed by atoms with E-state index in [-0.39, 0.29) is 0 Å². The van der Waals surface area contributed by atoms with Crippen LogP contribution in [0.2, 0.25) is 0 Å². The van der Waals surface area contributed by atoms with E-state index < -0.39 is 0 Å². The molecule has 0 N–H and O–H groups in total. The molecule has 30 valence electrons. The van der Waals surface area contributed by atoms with Crippen molar-refractivity contribution in [2.45, 2.75) is 0 Å². The average molecular weight is 102 g/mol. The fraction of sp³-hybridized carbons (Fsp3) is 0. The molecule has 0 bridgehead atoms. The van der Waals surface area contributed by atoms with Crippen LogP contribution >= 0.6 is 11.6 Å². The minimum atomic E-state index is 1.06. The summed E-state index contributed by atoms with van der Waals surface area (Å²) >= 11 is 4.75. The van der Waals surface area contributed by atoms with Crippen LogP contribution in [0, 0.1) is 23.4 Å². The summed E-state index contributed by atoms with van der Waals surface area (Å²) in [6, 6.07) is 0. The van der Waals surface area contributed by atoms with E-state index in [0.717, 1.165) is 6.17 Å². The maximum absolute atomic E-state index is 10.7. The van der Waals surface area contributed by atoms with E-state index in [1.807, 2.05) is 11.3 Å². The molecular weight excluding hydrogens is 102 g/mol. The Morgan fingerprint density at radius 3 is 2.17 bits per heavy atom. The Labute approximate surface area is 40.3 Å². The lowest BCUT2D eigenvalue weighted by molar-refractivity contribution is 0.774. The smallest absolute Gasteiger partial charge is 0.119 e.